The van der Waals surface area contributed by atoms with Gasteiger partial charge in [0.1, 0.15) is 0 Å². The predicted octanol–water partition coefficient (Wildman–Crippen LogP) is 3.92. The van der Waals surface area contributed by atoms with Gasteiger partial charge in [0.15, 0.2) is 0 Å². The van der Waals surface area contributed by atoms with E-state index in [1.165, 1.54) is 4.90 Å². The van der Waals surface area contributed by atoms with Crippen molar-refractivity contribution in [2.24, 2.45) is 5.41 Å². The van der Waals surface area contributed by atoms with Crippen molar-refractivity contribution >= 4 is 23.5 Å². The van der Waals surface area contributed by atoms with Crippen LogP contribution in [-0.4, -0.2) is 22.9 Å². The van der Waals surface area contributed by atoms with Gasteiger partial charge in [-0.05, 0) is 49.1 Å². The zero-order valence-corrected chi connectivity index (χ0v) is 14.9. The van der Waals surface area contributed by atoms with Crippen molar-refractivity contribution in [2.75, 3.05) is 4.90 Å². The van der Waals surface area contributed by atoms with Gasteiger partial charge in [-0.15, -0.1) is 0 Å². The van der Waals surface area contributed by atoms with Gasteiger partial charge in [-0.3, -0.25) is 14.4 Å². The van der Waals surface area contributed by atoms with E-state index >= 15 is 0 Å². The Balaban J connectivity index is 1.86. The molecule has 0 bridgehead atoms. The largest absolute Gasteiger partial charge is 0.481 e. The van der Waals surface area contributed by atoms with E-state index in [2.05, 4.69) is 0 Å². The monoisotopic (exact) mass is 351 g/mol. The van der Waals surface area contributed by atoms with Crippen molar-refractivity contribution < 1.29 is 19.5 Å². The van der Waals surface area contributed by atoms with Gasteiger partial charge >= 0.3 is 5.97 Å². The molecule has 5 nitrogen and oxygen atoms in total. The van der Waals surface area contributed by atoms with E-state index in [4.69, 9.17) is 0 Å². The van der Waals surface area contributed by atoms with Crippen LogP contribution in [0.15, 0.2) is 48.5 Å². The van der Waals surface area contributed by atoms with Gasteiger partial charge in [0.2, 0.25) is 0 Å². The molecular weight excluding hydrogens is 330 g/mol. The Morgan fingerprint density at radius 2 is 1.42 bits per heavy atom. The molecule has 1 heterocycles. The maximum atomic E-state index is 12.5. The Morgan fingerprint density at radius 1 is 0.923 bits per heavy atom. The van der Waals surface area contributed by atoms with Gasteiger partial charge in [0, 0.05) is 0 Å². The molecular formula is C21H21NO4. The van der Waals surface area contributed by atoms with Crippen molar-refractivity contribution in [3.8, 4) is 0 Å². The quantitative estimate of drug-likeness (QED) is 0.801. The standard InChI is InChI=1S/C21H21NO4/c1-3-21(4-2,20(25)26)13-14-9-11-15(12-10-14)22-18(23)16-7-5-6-8-17(16)19(22)24/h5-12H,3-4,13H2,1-2H3,(H,25,26). The number of benzene rings is 2. The van der Waals surface area contributed by atoms with E-state index in [9.17, 15) is 19.5 Å². The van der Waals surface area contributed by atoms with E-state index in [0.29, 0.717) is 36.1 Å². The highest BCUT2D eigenvalue weighted by Crippen LogP contribution is 2.33. The molecule has 2 aromatic carbocycles. The number of hydrogen-bond donors (Lipinski definition) is 1. The second-order valence-corrected chi connectivity index (χ2v) is 6.63. The lowest BCUT2D eigenvalue weighted by atomic mass is 9.77. The number of imide groups is 1. The van der Waals surface area contributed by atoms with Crippen LogP contribution in [0.2, 0.25) is 0 Å². The van der Waals surface area contributed by atoms with Crippen LogP contribution in [-0.2, 0) is 11.2 Å². The number of rotatable bonds is 6. The summed E-state index contributed by atoms with van der Waals surface area (Å²) in [6, 6.07) is 13.8. The van der Waals surface area contributed by atoms with Crippen molar-refractivity contribution in [2.45, 2.75) is 33.1 Å². The minimum atomic E-state index is -0.799. The van der Waals surface area contributed by atoms with Gasteiger partial charge in [0.05, 0.1) is 22.2 Å². The molecule has 0 spiro atoms. The van der Waals surface area contributed by atoms with Crippen LogP contribution in [0.3, 0.4) is 0 Å². The lowest BCUT2D eigenvalue weighted by Gasteiger charge is -2.27. The first-order valence-corrected chi connectivity index (χ1v) is 8.73. The Hall–Kier alpha value is -2.95. The van der Waals surface area contributed by atoms with Crippen LogP contribution in [0.5, 0.6) is 0 Å². The number of amides is 2. The van der Waals surface area contributed by atoms with E-state index < -0.39 is 11.4 Å². The van der Waals surface area contributed by atoms with Crippen molar-refractivity contribution in [3.05, 3.63) is 65.2 Å². The minimum absolute atomic E-state index is 0.333. The van der Waals surface area contributed by atoms with Gasteiger partial charge in [-0.25, -0.2) is 4.90 Å². The normalized spacial score (nSPS) is 13.8. The zero-order chi connectivity index (χ0) is 18.9. The lowest BCUT2D eigenvalue weighted by molar-refractivity contribution is -0.149. The summed E-state index contributed by atoms with van der Waals surface area (Å²) in [6.07, 6.45) is 1.50. The molecule has 1 N–H and O–H groups in total. The Morgan fingerprint density at radius 3 is 1.85 bits per heavy atom. The number of carbonyl (C=O) groups excluding carboxylic acids is 2. The summed E-state index contributed by atoms with van der Waals surface area (Å²) < 4.78 is 0. The third-order valence-corrected chi connectivity index (χ3v) is 5.34. The molecule has 26 heavy (non-hydrogen) atoms. The summed E-state index contributed by atoms with van der Waals surface area (Å²) in [5, 5.41) is 9.58. The molecule has 1 aliphatic heterocycles. The van der Waals surface area contributed by atoms with Crippen molar-refractivity contribution in [1.82, 2.24) is 0 Å². The highest BCUT2D eigenvalue weighted by Gasteiger charge is 2.37. The average molecular weight is 351 g/mol. The molecule has 1 aliphatic rings. The van der Waals surface area contributed by atoms with E-state index in [0.717, 1.165) is 5.56 Å². The predicted molar refractivity (Wildman–Crippen MR) is 98.4 cm³/mol. The summed E-state index contributed by atoms with van der Waals surface area (Å²) in [4.78, 5) is 37.9. The summed E-state index contributed by atoms with van der Waals surface area (Å²) in [7, 11) is 0. The van der Waals surface area contributed by atoms with Gasteiger partial charge in [0.25, 0.3) is 11.8 Å². The molecule has 0 aliphatic carbocycles. The zero-order valence-electron chi connectivity index (χ0n) is 14.9. The molecule has 3 rings (SSSR count). The molecule has 0 fully saturated rings. The molecule has 0 atom stereocenters. The van der Waals surface area contributed by atoms with Crippen LogP contribution in [0.25, 0.3) is 0 Å². The second kappa shape index (κ2) is 6.75. The summed E-state index contributed by atoms with van der Waals surface area (Å²) in [5.41, 5.74) is 1.38. The molecule has 2 amide bonds. The number of hydrogen-bond acceptors (Lipinski definition) is 3. The molecule has 0 saturated carbocycles. The minimum Gasteiger partial charge on any atom is -0.481 e. The first-order valence-electron chi connectivity index (χ1n) is 8.73. The Bertz CT molecular complexity index is 831. The van der Waals surface area contributed by atoms with Crippen LogP contribution in [0.1, 0.15) is 53.0 Å². The number of anilines is 1. The van der Waals surface area contributed by atoms with Crippen molar-refractivity contribution in [3.63, 3.8) is 0 Å². The van der Waals surface area contributed by atoms with E-state index in [-0.39, 0.29) is 11.8 Å². The third-order valence-electron chi connectivity index (χ3n) is 5.34. The first-order chi connectivity index (χ1) is 12.4. The molecule has 0 unspecified atom stereocenters. The maximum Gasteiger partial charge on any atom is 0.309 e. The number of fused-ring (bicyclic) bond motifs is 1. The Kier molecular flexibility index (Phi) is 4.64. The molecule has 5 heteroatoms. The fraction of sp³-hybridized carbons (Fsp3) is 0.286. The number of carboxylic acids is 1. The third kappa shape index (κ3) is 2.79. The van der Waals surface area contributed by atoms with Crippen LogP contribution < -0.4 is 4.90 Å². The number of aliphatic carboxylic acids is 1. The fourth-order valence-corrected chi connectivity index (χ4v) is 3.46. The maximum absolute atomic E-state index is 12.5. The van der Waals surface area contributed by atoms with Crippen LogP contribution in [0.4, 0.5) is 5.69 Å². The van der Waals surface area contributed by atoms with Crippen LogP contribution >= 0.6 is 0 Å². The van der Waals surface area contributed by atoms with Crippen LogP contribution in [0, 0.1) is 5.41 Å². The molecule has 0 radical (unpaired) electrons. The Labute approximate surface area is 152 Å². The fourth-order valence-electron chi connectivity index (χ4n) is 3.46. The topological polar surface area (TPSA) is 74.7 Å². The molecule has 0 aromatic heterocycles. The number of carboxylic acid groups (broad SMARTS) is 1. The number of carbonyl (C=O) groups is 3. The van der Waals surface area contributed by atoms with Gasteiger partial charge in [-0.1, -0.05) is 38.1 Å². The highest BCUT2D eigenvalue weighted by atomic mass is 16.4. The summed E-state index contributed by atoms with van der Waals surface area (Å²) in [6.45, 7) is 3.76. The second-order valence-electron chi connectivity index (χ2n) is 6.63. The number of nitrogens with zero attached hydrogens (tertiary/aromatic N) is 1. The van der Waals surface area contributed by atoms with E-state index in [1.807, 2.05) is 13.8 Å². The van der Waals surface area contributed by atoms with E-state index in [1.54, 1.807) is 48.5 Å². The molecule has 134 valence electrons. The summed E-state index contributed by atoms with van der Waals surface area (Å²) >= 11 is 0. The molecule has 0 saturated heterocycles. The van der Waals surface area contributed by atoms with Gasteiger partial charge in [-0.2, -0.15) is 0 Å². The van der Waals surface area contributed by atoms with Crippen molar-refractivity contribution in [1.29, 1.82) is 0 Å². The smallest absolute Gasteiger partial charge is 0.309 e. The first kappa shape index (κ1) is 17.9. The summed E-state index contributed by atoms with van der Waals surface area (Å²) in [5.74, 6) is -1.47. The molecule has 2 aromatic rings. The highest BCUT2D eigenvalue weighted by molar-refractivity contribution is 6.34. The van der Waals surface area contributed by atoms with Gasteiger partial charge < -0.3 is 5.11 Å². The SMILES string of the molecule is CCC(CC)(Cc1ccc(N2C(=O)c3ccccc3C2=O)cc1)C(=O)O. The lowest BCUT2D eigenvalue weighted by Crippen LogP contribution is -2.32. The average Bonchev–Trinajstić information content (AvgIpc) is 2.91.